The first-order valence-electron chi connectivity index (χ1n) is 13.9. The Hall–Kier alpha value is -7.46. The fourth-order valence-corrected chi connectivity index (χ4v) is 7.67. The number of carbonyl (C=O) groups is 8. The van der Waals surface area contributed by atoms with E-state index < -0.39 is 132 Å². The number of hydrogen-bond donors (Lipinski definition) is 8. The minimum absolute atomic E-state index is 0.593. The van der Waals surface area contributed by atoms with Crippen LogP contribution < -0.4 is 0 Å². The van der Waals surface area contributed by atoms with Crippen molar-refractivity contribution in [3.63, 3.8) is 0 Å². The molecule has 280 valence electrons. The lowest BCUT2D eigenvalue weighted by Gasteiger charge is -2.13. The molecule has 8 N–H and O–H groups in total. The molecule has 0 fully saturated rings. The molecule has 0 aliphatic heterocycles. The summed E-state index contributed by atoms with van der Waals surface area (Å²) in [6.07, 6.45) is 0. The monoisotopic (exact) mass is 788 g/mol. The molecule has 4 rings (SSSR count). The van der Waals surface area contributed by atoms with E-state index in [0.717, 1.165) is 60.7 Å². The molecule has 0 aliphatic carbocycles. The van der Waals surface area contributed by atoms with Crippen LogP contribution >= 0.6 is 0 Å². The van der Waals surface area contributed by atoms with Gasteiger partial charge in [0.05, 0.1) is 64.1 Å². The van der Waals surface area contributed by atoms with Gasteiger partial charge in [-0.3, -0.25) is 0 Å². The number of benzene rings is 4. The smallest absolute Gasteiger partial charge is 0.337 e. The molecule has 4 aromatic carbocycles. The molecule has 0 aliphatic rings. The van der Waals surface area contributed by atoms with Gasteiger partial charge in [-0.15, -0.1) is 0 Å². The Morgan fingerprint density at radius 2 is 0.630 bits per heavy atom. The van der Waals surface area contributed by atoms with Gasteiger partial charge in [0.1, 0.15) is 0 Å². The lowest BCUT2D eigenvalue weighted by Crippen LogP contribution is -2.18. The number of hydrogen-bond acceptors (Lipinski definition) is 12. The van der Waals surface area contributed by atoms with Crippen LogP contribution in [0.2, 0.25) is 0 Å². The van der Waals surface area contributed by atoms with E-state index in [2.05, 4.69) is 0 Å². The minimum atomic E-state index is -4.89. The van der Waals surface area contributed by atoms with Gasteiger partial charge in [-0.25, -0.2) is 55.2 Å². The maximum Gasteiger partial charge on any atom is 0.337 e. The summed E-state index contributed by atoms with van der Waals surface area (Å²) in [4.78, 5) is 86.8. The summed E-state index contributed by atoms with van der Waals surface area (Å²) in [5, 5.41) is 72.9. The van der Waals surface area contributed by atoms with Crippen molar-refractivity contribution in [2.24, 2.45) is 0 Å². The zero-order chi connectivity index (χ0) is 41.0. The van der Waals surface area contributed by atoms with Crippen molar-refractivity contribution >= 4 is 67.4 Å². The van der Waals surface area contributed by atoms with Crippen molar-refractivity contribution in [1.82, 2.24) is 0 Å². The standard InChI is InChI=1S/2C16H10O10S/c17-13(18)9-3-1-7(5-11(9)15(21)22)27(25,26)8-2-4-10(14(19)20)12(6-8)16(23)24;17-13(18)7-3-1-5-9(11(7)15(21)22)27(25,26)10-6-2-4-8(14(19)20)12(10)16(23)24/h2*1-6H,(H,17,18)(H,19,20)(H,21,22)(H,23,24). The minimum Gasteiger partial charge on any atom is -0.478 e. The second-order valence-electron chi connectivity index (χ2n) is 10.2. The summed E-state index contributed by atoms with van der Waals surface area (Å²) in [6.45, 7) is 0. The lowest BCUT2D eigenvalue weighted by atomic mass is 10.1. The summed E-state index contributed by atoms with van der Waals surface area (Å²) in [5.74, 6) is -13.6. The van der Waals surface area contributed by atoms with Crippen molar-refractivity contribution in [2.45, 2.75) is 19.6 Å². The average Bonchev–Trinajstić information content (AvgIpc) is 3.10. The van der Waals surface area contributed by atoms with Crippen molar-refractivity contribution in [2.75, 3.05) is 0 Å². The molecule has 0 saturated heterocycles. The molecule has 0 heterocycles. The van der Waals surface area contributed by atoms with E-state index in [-0.39, 0.29) is 0 Å². The third-order valence-electron chi connectivity index (χ3n) is 7.04. The van der Waals surface area contributed by atoms with Crippen LogP contribution in [0, 0.1) is 0 Å². The molecule has 0 spiro atoms. The molecule has 0 aromatic heterocycles. The molecule has 0 unspecified atom stereocenters. The first-order chi connectivity index (χ1) is 25.0. The van der Waals surface area contributed by atoms with E-state index in [0.29, 0.717) is 12.1 Å². The highest BCUT2D eigenvalue weighted by Gasteiger charge is 2.34. The lowest BCUT2D eigenvalue weighted by molar-refractivity contribution is 0.0647. The summed E-state index contributed by atoms with van der Waals surface area (Å²) in [7, 11) is -9.34. The highest BCUT2D eigenvalue weighted by Crippen LogP contribution is 2.31. The second-order valence-corrected chi connectivity index (χ2v) is 14.1. The molecule has 0 saturated carbocycles. The molecule has 4 aromatic rings. The number of rotatable bonds is 12. The molecular formula is C32H20O20S2. The quantitative estimate of drug-likeness (QED) is 0.102. The topological polar surface area (TPSA) is 367 Å². The van der Waals surface area contributed by atoms with Gasteiger partial charge in [0.25, 0.3) is 0 Å². The molecular weight excluding hydrogens is 768 g/mol. The van der Waals surface area contributed by atoms with Crippen LogP contribution in [-0.4, -0.2) is 105 Å². The van der Waals surface area contributed by atoms with Gasteiger partial charge in [0.15, 0.2) is 0 Å². The van der Waals surface area contributed by atoms with Crippen LogP contribution in [-0.2, 0) is 19.7 Å². The van der Waals surface area contributed by atoms with E-state index in [1.807, 2.05) is 0 Å². The van der Waals surface area contributed by atoms with Crippen LogP contribution in [0.25, 0.3) is 0 Å². The van der Waals surface area contributed by atoms with Crippen molar-refractivity contribution in [3.05, 3.63) is 117 Å². The summed E-state index contributed by atoms with van der Waals surface area (Å²) >= 11 is 0. The number of sulfone groups is 2. The Morgan fingerprint density at radius 3 is 0.889 bits per heavy atom. The van der Waals surface area contributed by atoms with Gasteiger partial charge in [-0.2, -0.15) is 0 Å². The maximum absolute atomic E-state index is 12.9. The van der Waals surface area contributed by atoms with Gasteiger partial charge < -0.3 is 40.9 Å². The van der Waals surface area contributed by atoms with Gasteiger partial charge in [0, 0.05) is 0 Å². The van der Waals surface area contributed by atoms with E-state index >= 15 is 0 Å². The zero-order valence-corrected chi connectivity index (χ0v) is 27.9. The Balaban J connectivity index is 0.000000290. The summed E-state index contributed by atoms with van der Waals surface area (Å²) in [6, 6.07) is 9.86. The Bertz CT molecular complexity index is 2390. The van der Waals surface area contributed by atoms with Gasteiger partial charge in [-0.05, 0) is 60.7 Å². The predicted octanol–water partition coefficient (Wildman–Crippen LogP) is 2.62. The van der Waals surface area contributed by atoms with E-state index in [1.165, 1.54) is 0 Å². The number of aromatic carboxylic acids is 8. The first kappa shape index (κ1) is 41.0. The average molecular weight is 789 g/mol. The third kappa shape index (κ3) is 8.03. The molecule has 0 amide bonds. The highest BCUT2D eigenvalue weighted by atomic mass is 32.2. The van der Waals surface area contributed by atoms with Crippen molar-refractivity contribution in [3.8, 4) is 0 Å². The second kappa shape index (κ2) is 15.4. The highest BCUT2D eigenvalue weighted by molar-refractivity contribution is 7.92. The fraction of sp³-hybridized carbons (Fsp3) is 0. The Kier molecular flexibility index (Phi) is 11.7. The fourth-order valence-electron chi connectivity index (χ4n) is 4.67. The first-order valence-corrected chi connectivity index (χ1v) is 16.8. The van der Waals surface area contributed by atoms with Crippen LogP contribution in [0.1, 0.15) is 82.9 Å². The zero-order valence-electron chi connectivity index (χ0n) is 26.2. The molecule has 20 nitrogen and oxygen atoms in total. The largest absolute Gasteiger partial charge is 0.478 e. The number of carboxylic acid groups (broad SMARTS) is 8. The molecule has 22 heteroatoms. The van der Waals surface area contributed by atoms with E-state index in [9.17, 15) is 65.4 Å². The van der Waals surface area contributed by atoms with Crippen molar-refractivity contribution in [1.29, 1.82) is 0 Å². The van der Waals surface area contributed by atoms with Crippen LogP contribution in [0.5, 0.6) is 0 Å². The van der Waals surface area contributed by atoms with Gasteiger partial charge in [0.2, 0.25) is 19.7 Å². The number of carboxylic acids is 8. The van der Waals surface area contributed by atoms with Crippen LogP contribution in [0.3, 0.4) is 0 Å². The molecule has 0 radical (unpaired) electrons. The Morgan fingerprint density at radius 1 is 0.333 bits per heavy atom. The Labute approximate surface area is 299 Å². The third-order valence-corrected chi connectivity index (χ3v) is 10.6. The molecule has 0 atom stereocenters. The van der Waals surface area contributed by atoms with Gasteiger partial charge >= 0.3 is 47.8 Å². The predicted molar refractivity (Wildman–Crippen MR) is 172 cm³/mol. The van der Waals surface area contributed by atoms with Crippen LogP contribution in [0.15, 0.2) is 92.4 Å². The van der Waals surface area contributed by atoms with E-state index in [1.54, 1.807) is 0 Å². The molecule has 0 bridgehead atoms. The SMILES string of the molecule is O=C(O)c1ccc(S(=O)(=O)c2ccc(C(=O)O)c(C(=O)O)c2)cc1C(=O)O.O=C(O)c1cccc(S(=O)(=O)c2cccc(C(=O)O)c2C(=O)O)c1C(=O)O. The summed E-state index contributed by atoms with van der Waals surface area (Å²) in [5.41, 5.74) is -6.59. The molecule has 54 heavy (non-hydrogen) atoms. The normalized spacial score (nSPS) is 11.0. The van der Waals surface area contributed by atoms with Crippen LogP contribution in [0.4, 0.5) is 0 Å². The van der Waals surface area contributed by atoms with E-state index in [4.69, 9.17) is 30.6 Å². The maximum atomic E-state index is 12.9. The van der Waals surface area contributed by atoms with Gasteiger partial charge in [-0.1, -0.05) is 12.1 Å². The van der Waals surface area contributed by atoms with Crippen molar-refractivity contribution < 1.29 is 96.0 Å². The summed E-state index contributed by atoms with van der Waals surface area (Å²) < 4.78 is 51.2.